The number of hydrogen-bond donors (Lipinski definition) is 0. The normalized spacial score (nSPS) is 17.2. The molecule has 0 aromatic rings. The zero-order valence-corrected chi connectivity index (χ0v) is 8.83. The van der Waals surface area contributed by atoms with E-state index in [1.807, 2.05) is 0 Å². The van der Waals surface area contributed by atoms with E-state index >= 15 is 0 Å². The summed E-state index contributed by atoms with van der Waals surface area (Å²) in [6.07, 6.45) is 2.58. The summed E-state index contributed by atoms with van der Waals surface area (Å²) in [5.41, 5.74) is 0. The molecule has 1 aliphatic heterocycles. The van der Waals surface area contributed by atoms with Crippen molar-refractivity contribution in [2.75, 3.05) is 39.5 Å². The summed E-state index contributed by atoms with van der Waals surface area (Å²) in [5.74, 6) is -0.270. The Kier molecular flexibility index (Phi) is 5.56. The van der Waals surface area contributed by atoms with Crippen molar-refractivity contribution in [3.05, 3.63) is 0 Å². The van der Waals surface area contributed by atoms with Gasteiger partial charge >= 0.3 is 5.97 Å². The highest BCUT2D eigenvalue weighted by atomic mass is 16.6. The van der Waals surface area contributed by atoms with Crippen LogP contribution in [0.25, 0.3) is 0 Å². The molecule has 4 heteroatoms. The summed E-state index contributed by atoms with van der Waals surface area (Å²) >= 11 is 0. The van der Waals surface area contributed by atoms with Gasteiger partial charge in [-0.3, -0.25) is 0 Å². The van der Waals surface area contributed by atoms with E-state index < -0.39 is 0 Å². The number of nitrogens with zero attached hydrogens (tertiary/aromatic N) is 1. The van der Waals surface area contributed by atoms with Crippen molar-refractivity contribution in [1.82, 2.24) is 4.90 Å². The van der Waals surface area contributed by atoms with Gasteiger partial charge in [0.05, 0.1) is 13.2 Å². The highest BCUT2D eigenvalue weighted by Crippen LogP contribution is 2.05. The van der Waals surface area contributed by atoms with Gasteiger partial charge in [-0.2, -0.15) is 0 Å². The third kappa shape index (κ3) is 4.58. The third-order valence-corrected chi connectivity index (χ3v) is 2.28. The number of likely N-dealkylation sites (tertiary alicyclic amines) is 1. The first-order valence-electron chi connectivity index (χ1n) is 5.28. The van der Waals surface area contributed by atoms with Crippen LogP contribution in [0.4, 0.5) is 0 Å². The van der Waals surface area contributed by atoms with Crippen LogP contribution in [-0.4, -0.2) is 50.3 Å². The van der Waals surface area contributed by atoms with Crippen LogP contribution in [0.5, 0.6) is 0 Å². The third-order valence-electron chi connectivity index (χ3n) is 2.28. The Balaban J connectivity index is 1.90. The van der Waals surface area contributed by atoms with E-state index in [1.54, 1.807) is 6.92 Å². The molecule has 0 N–H and O–H groups in total. The molecule has 0 aromatic carbocycles. The largest absolute Gasteiger partial charge is 0.464 e. The summed E-state index contributed by atoms with van der Waals surface area (Å²) in [6, 6.07) is 0. The molecule has 0 atom stereocenters. The van der Waals surface area contributed by atoms with E-state index in [4.69, 9.17) is 9.47 Å². The van der Waals surface area contributed by atoms with Crippen molar-refractivity contribution in [3.8, 4) is 0 Å². The van der Waals surface area contributed by atoms with Crippen molar-refractivity contribution in [2.45, 2.75) is 19.8 Å². The first-order chi connectivity index (χ1) is 6.83. The van der Waals surface area contributed by atoms with E-state index in [0.29, 0.717) is 13.2 Å². The molecule has 0 aliphatic carbocycles. The number of carbonyl (C=O) groups excluding carboxylic acids is 1. The van der Waals surface area contributed by atoms with E-state index in [2.05, 4.69) is 4.90 Å². The molecule has 4 nitrogen and oxygen atoms in total. The second-order valence-corrected chi connectivity index (χ2v) is 3.41. The van der Waals surface area contributed by atoms with Gasteiger partial charge in [0.2, 0.25) is 0 Å². The first-order valence-corrected chi connectivity index (χ1v) is 5.28. The zero-order chi connectivity index (χ0) is 10.2. The Hall–Kier alpha value is -0.610. The predicted octanol–water partition coefficient (Wildman–Crippen LogP) is 0.662. The number of ether oxygens (including phenoxy) is 2. The lowest BCUT2D eigenvalue weighted by Gasteiger charge is -2.13. The number of hydrogen-bond acceptors (Lipinski definition) is 4. The van der Waals surface area contributed by atoms with Crippen LogP contribution in [0.1, 0.15) is 19.8 Å². The molecule has 1 saturated heterocycles. The predicted molar refractivity (Wildman–Crippen MR) is 53.1 cm³/mol. The molecular formula is C10H19NO3. The van der Waals surface area contributed by atoms with Crippen LogP contribution in [0.15, 0.2) is 0 Å². The molecular weight excluding hydrogens is 182 g/mol. The quantitative estimate of drug-likeness (QED) is 0.467. The smallest absolute Gasteiger partial charge is 0.332 e. The lowest BCUT2D eigenvalue weighted by Crippen LogP contribution is -2.25. The summed E-state index contributed by atoms with van der Waals surface area (Å²) in [5, 5.41) is 0. The van der Waals surface area contributed by atoms with Crippen LogP contribution >= 0.6 is 0 Å². The van der Waals surface area contributed by atoms with Gasteiger partial charge in [-0.25, -0.2) is 4.79 Å². The summed E-state index contributed by atoms with van der Waals surface area (Å²) in [4.78, 5) is 13.2. The van der Waals surface area contributed by atoms with Crippen LogP contribution in [0, 0.1) is 0 Å². The summed E-state index contributed by atoms with van der Waals surface area (Å²) in [7, 11) is 0. The minimum Gasteiger partial charge on any atom is -0.464 e. The Morgan fingerprint density at radius 3 is 2.71 bits per heavy atom. The Labute approximate surface area is 85.2 Å². The molecule has 0 aromatic heterocycles. The lowest BCUT2D eigenvalue weighted by molar-refractivity contribution is -0.148. The van der Waals surface area contributed by atoms with Crippen LogP contribution in [0.3, 0.4) is 0 Å². The van der Waals surface area contributed by atoms with Gasteiger partial charge in [-0.15, -0.1) is 0 Å². The maximum Gasteiger partial charge on any atom is 0.332 e. The summed E-state index contributed by atoms with van der Waals surface area (Å²) < 4.78 is 9.93. The summed E-state index contributed by atoms with van der Waals surface area (Å²) in [6.45, 7) is 6.20. The fourth-order valence-electron chi connectivity index (χ4n) is 1.56. The second kappa shape index (κ2) is 6.79. The SMILES string of the molecule is CCOC(=O)COCCN1CCCC1. The highest BCUT2D eigenvalue weighted by Gasteiger charge is 2.10. The second-order valence-electron chi connectivity index (χ2n) is 3.41. The fourth-order valence-corrected chi connectivity index (χ4v) is 1.56. The van der Waals surface area contributed by atoms with Gasteiger partial charge in [0.1, 0.15) is 6.61 Å². The van der Waals surface area contributed by atoms with Gasteiger partial charge in [-0.05, 0) is 32.9 Å². The molecule has 0 amide bonds. The van der Waals surface area contributed by atoms with Crippen LogP contribution in [0.2, 0.25) is 0 Å². The van der Waals surface area contributed by atoms with Crippen molar-refractivity contribution >= 4 is 5.97 Å². The molecule has 82 valence electrons. The van der Waals surface area contributed by atoms with Gasteiger partial charge in [-0.1, -0.05) is 0 Å². The standard InChI is InChI=1S/C10H19NO3/c1-2-14-10(12)9-13-8-7-11-5-3-4-6-11/h2-9H2,1H3. The maximum atomic E-state index is 10.9. The van der Waals surface area contributed by atoms with Gasteiger partial charge in [0, 0.05) is 6.54 Å². The molecule has 1 fully saturated rings. The van der Waals surface area contributed by atoms with Crippen molar-refractivity contribution in [1.29, 1.82) is 0 Å². The van der Waals surface area contributed by atoms with E-state index in [-0.39, 0.29) is 12.6 Å². The zero-order valence-electron chi connectivity index (χ0n) is 8.83. The molecule has 1 heterocycles. The van der Waals surface area contributed by atoms with Gasteiger partial charge in [0.25, 0.3) is 0 Å². The number of rotatable bonds is 6. The number of carbonyl (C=O) groups is 1. The minimum absolute atomic E-state index is 0.0850. The minimum atomic E-state index is -0.270. The first kappa shape index (κ1) is 11.5. The van der Waals surface area contributed by atoms with E-state index in [0.717, 1.165) is 6.54 Å². The lowest BCUT2D eigenvalue weighted by atomic mass is 10.4. The Morgan fingerprint density at radius 2 is 2.07 bits per heavy atom. The molecule has 0 unspecified atom stereocenters. The van der Waals surface area contributed by atoms with Crippen molar-refractivity contribution < 1.29 is 14.3 Å². The molecule has 0 radical (unpaired) electrons. The highest BCUT2D eigenvalue weighted by molar-refractivity contribution is 5.70. The van der Waals surface area contributed by atoms with E-state index in [1.165, 1.54) is 25.9 Å². The topological polar surface area (TPSA) is 38.8 Å². The maximum absolute atomic E-state index is 10.9. The number of esters is 1. The van der Waals surface area contributed by atoms with Crippen molar-refractivity contribution in [2.24, 2.45) is 0 Å². The Bertz CT molecular complexity index is 167. The van der Waals surface area contributed by atoms with Crippen molar-refractivity contribution in [3.63, 3.8) is 0 Å². The van der Waals surface area contributed by atoms with E-state index in [9.17, 15) is 4.79 Å². The van der Waals surface area contributed by atoms with Crippen LogP contribution < -0.4 is 0 Å². The molecule has 1 rings (SSSR count). The molecule has 1 aliphatic rings. The molecule has 0 bridgehead atoms. The average molecular weight is 201 g/mol. The van der Waals surface area contributed by atoms with Crippen LogP contribution in [-0.2, 0) is 14.3 Å². The molecule has 0 spiro atoms. The van der Waals surface area contributed by atoms with Gasteiger partial charge < -0.3 is 14.4 Å². The molecule has 0 saturated carbocycles. The average Bonchev–Trinajstić information content (AvgIpc) is 2.65. The fraction of sp³-hybridized carbons (Fsp3) is 0.900. The van der Waals surface area contributed by atoms with Gasteiger partial charge in [0.15, 0.2) is 0 Å². The molecule has 14 heavy (non-hydrogen) atoms. The monoisotopic (exact) mass is 201 g/mol. The Morgan fingerprint density at radius 1 is 1.36 bits per heavy atom.